The molecule has 2 rings (SSSR count). The molecule has 13 nitrogen and oxygen atoms in total. The average molecular weight is 675 g/mol. The number of hydrogen-bond donors (Lipinski definition) is 3. The second-order valence-corrected chi connectivity index (χ2v) is 12.9. The molecule has 0 saturated carbocycles. The summed E-state index contributed by atoms with van der Waals surface area (Å²) in [6.07, 6.45) is -0.380. The zero-order valence-corrected chi connectivity index (χ0v) is 29.6. The molecule has 1 aliphatic heterocycles. The van der Waals surface area contributed by atoms with Crippen LogP contribution in [0.2, 0.25) is 0 Å². The number of amides is 4. The molecule has 0 radical (unpaired) electrons. The molecule has 7 atom stereocenters. The Morgan fingerprint density at radius 2 is 1.60 bits per heavy atom. The highest BCUT2D eigenvalue weighted by molar-refractivity contribution is 5.94. The van der Waals surface area contributed by atoms with Crippen molar-refractivity contribution in [2.75, 3.05) is 27.2 Å². The Kier molecular flexibility index (Phi) is 16.0. The van der Waals surface area contributed by atoms with Crippen molar-refractivity contribution in [2.24, 2.45) is 17.8 Å². The number of likely N-dealkylation sites (N-methyl/N-ethyl adjacent to an activating group) is 1. The number of ether oxygens (including phenoxy) is 2. The third-order valence-electron chi connectivity index (χ3n) is 9.17. The molecular formula is C35H54N4O9. The van der Waals surface area contributed by atoms with Gasteiger partial charge in [-0.15, -0.1) is 0 Å². The zero-order valence-electron chi connectivity index (χ0n) is 29.6. The molecule has 0 bridgehead atoms. The lowest BCUT2D eigenvalue weighted by Gasteiger charge is -2.33. The normalized spacial score (nSPS) is 18.1. The fraction of sp³-hybridized carbons (Fsp3) is 0.657. The maximum atomic E-state index is 13.9. The average Bonchev–Trinajstić information content (AvgIpc) is 3.59. The highest BCUT2D eigenvalue weighted by atomic mass is 16.6. The van der Waals surface area contributed by atoms with Gasteiger partial charge in [-0.25, -0.2) is 9.59 Å². The SMILES string of the molecule is CCC(C)C(NC(=O)C(OC(=O)C(O)C(C)C)C(C)CC)C(=O)NCC(=O)N(C)C(Cc1ccccc1)C(=O)N1CCCC1C(=O)OC. The lowest BCUT2D eigenvalue weighted by Crippen LogP contribution is -2.57. The Hall–Kier alpha value is -4.00. The van der Waals surface area contributed by atoms with Crippen molar-refractivity contribution in [1.82, 2.24) is 20.4 Å². The maximum absolute atomic E-state index is 13.9. The van der Waals surface area contributed by atoms with Gasteiger partial charge in [0.25, 0.3) is 5.91 Å². The number of hydrogen-bond acceptors (Lipinski definition) is 9. The standard InChI is InChI=1S/C35H54N4O9/c1-9-22(5)28(37-32(43)30(23(6)10-2)48-35(46)29(41)21(3)4)31(42)36-20-27(40)38(7)26(19-24-15-12-11-13-16-24)33(44)39-18-14-17-25(39)34(45)47-8/h11-13,15-16,21-23,25-26,28-30,41H,9-10,14,17-20H2,1-8H3,(H,36,42)(H,37,43). The molecule has 1 heterocycles. The largest absolute Gasteiger partial charge is 0.467 e. The summed E-state index contributed by atoms with van der Waals surface area (Å²) in [7, 11) is 2.75. The molecule has 0 spiro atoms. The molecule has 3 N–H and O–H groups in total. The fourth-order valence-electron chi connectivity index (χ4n) is 5.45. The van der Waals surface area contributed by atoms with E-state index in [1.165, 1.54) is 24.0 Å². The predicted molar refractivity (Wildman–Crippen MR) is 178 cm³/mol. The smallest absolute Gasteiger partial charge is 0.336 e. The Morgan fingerprint density at radius 1 is 0.979 bits per heavy atom. The van der Waals surface area contributed by atoms with E-state index in [2.05, 4.69) is 10.6 Å². The number of aliphatic hydroxyl groups is 1. The van der Waals surface area contributed by atoms with Crippen LogP contribution in [-0.2, 0) is 44.7 Å². The molecule has 1 saturated heterocycles. The first kappa shape index (κ1) is 40.2. The van der Waals surface area contributed by atoms with Gasteiger partial charge in [0.1, 0.15) is 18.1 Å². The van der Waals surface area contributed by atoms with Crippen LogP contribution in [0.25, 0.3) is 0 Å². The van der Waals surface area contributed by atoms with Gasteiger partial charge in [-0.1, -0.05) is 78.3 Å². The van der Waals surface area contributed by atoms with E-state index in [0.29, 0.717) is 32.2 Å². The van der Waals surface area contributed by atoms with Gasteiger partial charge in [0.05, 0.1) is 13.7 Å². The van der Waals surface area contributed by atoms with E-state index in [0.717, 1.165) is 5.56 Å². The van der Waals surface area contributed by atoms with Gasteiger partial charge in [-0.05, 0) is 36.7 Å². The summed E-state index contributed by atoms with van der Waals surface area (Å²) >= 11 is 0. The summed E-state index contributed by atoms with van der Waals surface area (Å²) in [5.41, 5.74) is 0.811. The van der Waals surface area contributed by atoms with Gasteiger partial charge in [0.2, 0.25) is 17.7 Å². The van der Waals surface area contributed by atoms with Crippen LogP contribution in [-0.4, -0.2) is 108 Å². The minimum atomic E-state index is -1.41. The van der Waals surface area contributed by atoms with Crippen LogP contribution in [0, 0.1) is 17.8 Å². The molecule has 1 aliphatic rings. The maximum Gasteiger partial charge on any atom is 0.336 e. The van der Waals surface area contributed by atoms with E-state index in [4.69, 9.17) is 9.47 Å². The number of methoxy groups -OCH3 is 1. The molecule has 13 heteroatoms. The van der Waals surface area contributed by atoms with Gasteiger partial charge in [0.15, 0.2) is 12.2 Å². The molecule has 0 aromatic heterocycles. The lowest BCUT2D eigenvalue weighted by molar-refractivity contribution is -0.169. The number of nitrogens with zero attached hydrogens (tertiary/aromatic N) is 2. The topological polar surface area (TPSA) is 172 Å². The van der Waals surface area contributed by atoms with Crippen molar-refractivity contribution in [3.05, 3.63) is 35.9 Å². The second-order valence-electron chi connectivity index (χ2n) is 12.9. The van der Waals surface area contributed by atoms with Gasteiger partial charge < -0.3 is 35.0 Å². The van der Waals surface area contributed by atoms with Crippen molar-refractivity contribution in [3.8, 4) is 0 Å². The Labute approximate surface area is 284 Å². The minimum Gasteiger partial charge on any atom is -0.467 e. The number of aliphatic hydroxyl groups excluding tert-OH is 1. The molecule has 1 fully saturated rings. The van der Waals surface area contributed by atoms with Gasteiger partial charge in [-0.2, -0.15) is 0 Å². The van der Waals surface area contributed by atoms with Crippen molar-refractivity contribution in [3.63, 3.8) is 0 Å². The monoisotopic (exact) mass is 674 g/mol. The van der Waals surface area contributed by atoms with E-state index in [9.17, 15) is 33.9 Å². The molecule has 4 amide bonds. The van der Waals surface area contributed by atoms with Crippen molar-refractivity contribution >= 4 is 35.6 Å². The number of nitrogens with one attached hydrogen (secondary N) is 2. The lowest BCUT2D eigenvalue weighted by atomic mass is 9.96. The number of carbonyl (C=O) groups is 6. The first-order valence-corrected chi connectivity index (χ1v) is 16.8. The van der Waals surface area contributed by atoms with E-state index in [1.807, 2.05) is 44.2 Å². The highest BCUT2D eigenvalue weighted by Crippen LogP contribution is 2.22. The number of esters is 2. The van der Waals surface area contributed by atoms with Crippen LogP contribution < -0.4 is 10.6 Å². The fourth-order valence-corrected chi connectivity index (χ4v) is 5.45. The predicted octanol–water partition coefficient (Wildman–Crippen LogP) is 1.84. The van der Waals surface area contributed by atoms with E-state index in [1.54, 1.807) is 27.7 Å². The Balaban J connectivity index is 2.22. The highest BCUT2D eigenvalue weighted by Gasteiger charge is 2.40. The number of likely N-dealkylation sites (tertiary alicyclic amines) is 1. The number of carbonyl (C=O) groups excluding carboxylic acids is 6. The Bertz CT molecular complexity index is 1260. The van der Waals surface area contributed by atoms with Crippen LogP contribution in [0.1, 0.15) is 72.8 Å². The minimum absolute atomic E-state index is 0.188. The van der Waals surface area contributed by atoms with Crippen molar-refractivity contribution in [2.45, 2.75) is 104 Å². The van der Waals surface area contributed by atoms with Crippen LogP contribution >= 0.6 is 0 Å². The molecule has 1 aromatic rings. The quantitative estimate of drug-likeness (QED) is 0.209. The summed E-state index contributed by atoms with van der Waals surface area (Å²) in [6.45, 7) is 10.4. The van der Waals surface area contributed by atoms with Crippen LogP contribution in [0.4, 0.5) is 0 Å². The first-order valence-electron chi connectivity index (χ1n) is 16.8. The van der Waals surface area contributed by atoms with E-state index in [-0.39, 0.29) is 12.3 Å². The second kappa shape index (κ2) is 19.1. The van der Waals surface area contributed by atoms with Crippen LogP contribution in [0.15, 0.2) is 30.3 Å². The summed E-state index contributed by atoms with van der Waals surface area (Å²) in [6, 6.07) is 6.42. The van der Waals surface area contributed by atoms with Gasteiger partial charge in [-0.3, -0.25) is 19.2 Å². The summed E-state index contributed by atoms with van der Waals surface area (Å²) in [5, 5.41) is 15.5. The Morgan fingerprint density at radius 3 is 2.17 bits per heavy atom. The molecule has 48 heavy (non-hydrogen) atoms. The first-order chi connectivity index (χ1) is 22.7. The van der Waals surface area contributed by atoms with Crippen LogP contribution in [0.3, 0.4) is 0 Å². The molecular weight excluding hydrogens is 620 g/mol. The van der Waals surface area contributed by atoms with Gasteiger partial charge >= 0.3 is 11.9 Å². The molecule has 7 unspecified atom stereocenters. The zero-order chi connectivity index (χ0) is 36.1. The molecule has 1 aromatic carbocycles. The van der Waals surface area contributed by atoms with Gasteiger partial charge in [0, 0.05) is 25.9 Å². The number of benzene rings is 1. The summed E-state index contributed by atoms with van der Waals surface area (Å²) in [5.74, 6) is -4.85. The van der Waals surface area contributed by atoms with Crippen LogP contribution in [0.5, 0.6) is 0 Å². The summed E-state index contributed by atoms with van der Waals surface area (Å²) < 4.78 is 10.3. The van der Waals surface area contributed by atoms with E-state index < -0.39 is 84.3 Å². The molecule has 268 valence electrons. The third kappa shape index (κ3) is 10.8. The number of rotatable bonds is 17. The summed E-state index contributed by atoms with van der Waals surface area (Å²) in [4.78, 5) is 81.9. The van der Waals surface area contributed by atoms with Crippen molar-refractivity contribution < 1.29 is 43.3 Å². The molecule has 0 aliphatic carbocycles. The van der Waals surface area contributed by atoms with Crippen molar-refractivity contribution in [1.29, 1.82) is 0 Å². The third-order valence-corrected chi connectivity index (χ3v) is 9.17. The van der Waals surface area contributed by atoms with E-state index >= 15 is 0 Å².